The van der Waals surface area contributed by atoms with Crippen LogP contribution < -0.4 is 5.32 Å². The Labute approximate surface area is 121 Å². The fraction of sp³-hybridized carbons (Fsp3) is 0.400. The molecule has 0 radical (unpaired) electrons. The number of amides is 2. The number of benzene rings is 1. The Morgan fingerprint density at radius 2 is 2.24 bits per heavy atom. The fourth-order valence-electron chi connectivity index (χ4n) is 3.19. The molecule has 2 aliphatic rings. The van der Waals surface area contributed by atoms with Gasteiger partial charge in [-0.2, -0.15) is 0 Å². The number of aromatic nitrogens is 1. The normalized spacial score (nSPS) is 24.4. The van der Waals surface area contributed by atoms with E-state index in [0.29, 0.717) is 31.0 Å². The number of oxazole rings is 1. The molecule has 2 atom stereocenters. The zero-order valence-corrected chi connectivity index (χ0v) is 11.4. The van der Waals surface area contributed by atoms with Crippen molar-refractivity contribution in [3.05, 3.63) is 30.2 Å². The lowest BCUT2D eigenvalue weighted by molar-refractivity contribution is -0.130. The average molecular weight is 285 g/mol. The molecule has 2 aliphatic heterocycles. The lowest BCUT2D eigenvalue weighted by Crippen LogP contribution is -2.36. The second-order valence-electron chi connectivity index (χ2n) is 5.69. The maximum Gasteiger partial charge on any atom is 0.231 e. The lowest BCUT2D eigenvalue weighted by atomic mass is 10.1. The van der Waals surface area contributed by atoms with Gasteiger partial charge in [0.1, 0.15) is 11.9 Å². The van der Waals surface area contributed by atoms with Gasteiger partial charge in [-0.05, 0) is 12.1 Å². The van der Waals surface area contributed by atoms with Crippen LogP contribution in [0, 0.1) is 5.92 Å². The smallest absolute Gasteiger partial charge is 0.231 e. The Bertz CT molecular complexity index is 675. The SMILES string of the molecule is O=C1C[C@H]2CN(C(=O)Cc3nc4ccccc4o3)C[C@H]2N1. The number of fused-ring (bicyclic) bond motifs is 2. The first kappa shape index (κ1) is 12.4. The van der Waals surface area contributed by atoms with Crippen LogP contribution in [0.3, 0.4) is 0 Å². The summed E-state index contributed by atoms with van der Waals surface area (Å²) in [6.07, 6.45) is 0.694. The van der Waals surface area contributed by atoms with E-state index in [1.807, 2.05) is 24.3 Å². The van der Waals surface area contributed by atoms with Crippen molar-refractivity contribution in [2.75, 3.05) is 13.1 Å². The van der Waals surface area contributed by atoms with E-state index >= 15 is 0 Å². The van der Waals surface area contributed by atoms with Crippen molar-refractivity contribution in [3.8, 4) is 0 Å². The van der Waals surface area contributed by atoms with E-state index in [4.69, 9.17) is 4.42 Å². The predicted molar refractivity (Wildman–Crippen MR) is 74.3 cm³/mol. The van der Waals surface area contributed by atoms with Crippen molar-refractivity contribution in [2.24, 2.45) is 5.92 Å². The molecule has 0 bridgehead atoms. The monoisotopic (exact) mass is 285 g/mol. The molecule has 6 heteroatoms. The van der Waals surface area contributed by atoms with Crippen LogP contribution in [0.4, 0.5) is 0 Å². The number of nitrogens with one attached hydrogen (secondary N) is 1. The highest BCUT2D eigenvalue weighted by Gasteiger charge is 2.41. The Morgan fingerprint density at radius 1 is 1.38 bits per heavy atom. The Morgan fingerprint density at radius 3 is 3.05 bits per heavy atom. The number of likely N-dealkylation sites (tertiary alicyclic amines) is 1. The average Bonchev–Trinajstić information content (AvgIpc) is 3.09. The first-order valence-corrected chi connectivity index (χ1v) is 7.10. The molecule has 2 saturated heterocycles. The summed E-state index contributed by atoms with van der Waals surface area (Å²) in [6, 6.07) is 7.59. The molecule has 1 aromatic heterocycles. The molecule has 21 heavy (non-hydrogen) atoms. The molecule has 0 unspecified atom stereocenters. The molecule has 6 nitrogen and oxygen atoms in total. The number of carbonyl (C=O) groups excluding carboxylic acids is 2. The summed E-state index contributed by atoms with van der Waals surface area (Å²) in [5, 5.41) is 2.91. The van der Waals surface area contributed by atoms with Crippen LogP contribution >= 0.6 is 0 Å². The van der Waals surface area contributed by atoms with Crippen LogP contribution in [0.1, 0.15) is 12.3 Å². The molecule has 108 valence electrons. The number of carbonyl (C=O) groups is 2. The molecular formula is C15H15N3O3. The summed E-state index contributed by atoms with van der Waals surface area (Å²) in [6.45, 7) is 1.23. The zero-order valence-electron chi connectivity index (χ0n) is 11.4. The van der Waals surface area contributed by atoms with Crippen LogP contribution in [0.5, 0.6) is 0 Å². The van der Waals surface area contributed by atoms with E-state index < -0.39 is 0 Å². The third-order valence-electron chi connectivity index (χ3n) is 4.23. The molecule has 0 aliphatic carbocycles. The van der Waals surface area contributed by atoms with Gasteiger partial charge in [0.15, 0.2) is 5.58 Å². The Hall–Kier alpha value is -2.37. The summed E-state index contributed by atoms with van der Waals surface area (Å²) in [4.78, 5) is 29.7. The summed E-state index contributed by atoms with van der Waals surface area (Å²) in [5.74, 6) is 0.800. The van der Waals surface area contributed by atoms with Gasteiger partial charge in [0.2, 0.25) is 17.7 Å². The minimum absolute atomic E-state index is 0.00482. The van der Waals surface area contributed by atoms with Crippen molar-refractivity contribution >= 4 is 22.9 Å². The van der Waals surface area contributed by atoms with Gasteiger partial charge >= 0.3 is 0 Å². The number of hydrogen-bond donors (Lipinski definition) is 1. The molecule has 1 aromatic carbocycles. The van der Waals surface area contributed by atoms with Gasteiger partial charge in [0, 0.05) is 25.4 Å². The largest absolute Gasteiger partial charge is 0.440 e. The van der Waals surface area contributed by atoms with E-state index in [9.17, 15) is 9.59 Å². The highest BCUT2D eigenvalue weighted by molar-refractivity contribution is 5.82. The van der Waals surface area contributed by atoms with Crippen LogP contribution in [0.2, 0.25) is 0 Å². The van der Waals surface area contributed by atoms with Gasteiger partial charge in [-0.1, -0.05) is 12.1 Å². The van der Waals surface area contributed by atoms with Gasteiger partial charge in [0.25, 0.3) is 0 Å². The van der Waals surface area contributed by atoms with Crippen LogP contribution in [0.25, 0.3) is 11.1 Å². The van der Waals surface area contributed by atoms with Crippen molar-refractivity contribution in [1.82, 2.24) is 15.2 Å². The van der Waals surface area contributed by atoms with Crippen molar-refractivity contribution in [1.29, 1.82) is 0 Å². The maximum absolute atomic E-state index is 12.3. The first-order chi connectivity index (χ1) is 10.2. The molecule has 3 heterocycles. The molecule has 0 saturated carbocycles. The van der Waals surface area contributed by atoms with Gasteiger partial charge < -0.3 is 14.6 Å². The van der Waals surface area contributed by atoms with Crippen LogP contribution in [-0.2, 0) is 16.0 Å². The van der Waals surface area contributed by atoms with E-state index in [-0.39, 0.29) is 30.2 Å². The first-order valence-electron chi connectivity index (χ1n) is 7.10. The second kappa shape index (κ2) is 4.58. The topological polar surface area (TPSA) is 75.4 Å². The highest BCUT2D eigenvalue weighted by Crippen LogP contribution is 2.26. The molecule has 1 N–H and O–H groups in total. The number of para-hydroxylation sites is 2. The van der Waals surface area contributed by atoms with Gasteiger partial charge in [-0.3, -0.25) is 9.59 Å². The van der Waals surface area contributed by atoms with E-state index in [2.05, 4.69) is 10.3 Å². The molecule has 0 spiro atoms. The van der Waals surface area contributed by atoms with Crippen molar-refractivity contribution in [2.45, 2.75) is 18.9 Å². The fourth-order valence-corrected chi connectivity index (χ4v) is 3.19. The number of nitrogens with zero attached hydrogens (tertiary/aromatic N) is 2. The summed E-state index contributed by atoms with van der Waals surface area (Å²) < 4.78 is 5.58. The molecule has 2 amide bonds. The number of rotatable bonds is 2. The third-order valence-corrected chi connectivity index (χ3v) is 4.23. The van der Waals surface area contributed by atoms with E-state index in [1.165, 1.54) is 0 Å². The number of hydrogen-bond acceptors (Lipinski definition) is 4. The predicted octanol–water partition coefficient (Wildman–Crippen LogP) is 0.717. The third kappa shape index (κ3) is 2.16. The quantitative estimate of drug-likeness (QED) is 0.882. The maximum atomic E-state index is 12.3. The molecule has 2 fully saturated rings. The zero-order chi connectivity index (χ0) is 14.4. The van der Waals surface area contributed by atoms with E-state index in [0.717, 1.165) is 5.52 Å². The molecule has 4 rings (SSSR count). The summed E-state index contributed by atoms with van der Waals surface area (Å²) >= 11 is 0. The minimum atomic E-state index is 0.00482. The Kier molecular flexibility index (Phi) is 2.70. The van der Waals surface area contributed by atoms with Gasteiger partial charge in [0.05, 0.1) is 6.04 Å². The Balaban J connectivity index is 1.45. The standard InChI is InChI=1S/C15H15N3O3/c19-13-5-9-7-18(8-11(9)16-13)15(20)6-14-17-10-3-1-2-4-12(10)21-14/h1-4,9,11H,5-8H2,(H,16,19)/t9-,11+/m0/s1. The highest BCUT2D eigenvalue weighted by atomic mass is 16.3. The van der Waals surface area contributed by atoms with E-state index in [1.54, 1.807) is 4.90 Å². The summed E-state index contributed by atoms with van der Waals surface area (Å²) in [5.41, 5.74) is 1.47. The second-order valence-corrected chi connectivity index (χ2v) is 5.69. The van der Waals surface area contributed by atoms with Crippen LogP contribution in [0.15, 0.2) is 28.7 Å². The summed E-state index contributed by atoms with van der Waals surface area (Å²) in [7, 11) is 0. The van der Waals surface area contributed by atoms with Crippen molar-refractivity contribution in [3.63, 3.8) is 0 Å². The van der Waals surface area contributed by atoms with Crippen LogP contribution in [-0.4, -0.2) is 40.8 Å². The van der Waals surface area contributed by atoms with Gasteiger partial charge in [-0.25, -0.2) is 4.98 Å². The molecular weight excluding hydrogens is 270 g/mol. The van der Waals surface area contributed by atoms with Gasteiger partial charge in [-0.15, -0.1) is 0 Å². The molecule has 2 aromatic rings. The van der Waals surface area contributed by atoms with Crippen molar-refractivity contribution < 1.29 is 14.0 Å². The minimum Gasteiger partial charge on any atom is -0.440 e. The lowest BCUT2D eigenvalue weighted by Gasteiger charge is -2.16.